The Kier molecular flexibility index (Phi) is 6.10. The predicted octanol–water partition coefficient (Wildman–Crippen LogP) is 4.94. The fourth-order valence-electron chi connectivity index (χ4n) is 2.88. The molecule has 0 aliphatic heterocycles. The molecule has 0 aliphatic carbocycles. The molecule has 0 saturated carbocycles. The van der Waals surface area contributed by atoms with Crippen LogP contribution in [0, 0.1) is 0 Å². The molecule has 4 heteroatoms. The normalized spacial score (nSPS) is 10.3. The van der Waals surface area contributed by atoms with E-state index in [-0.39, 0.29) is 5.91 Å². The van der Waals surface area contributed by atoms with E-state index in [2.05, 4.69) is 5.32 Å². The zero-order valence-electron chi connectivity index (χ0n) is 15.6. The SMILES string of the molecule is COc1cc(OC)cc(-c2cccc(NC(=O)CCc3ccccc3)c2)c1. The summed E-state index contributed by atoms with van der Waals surface area (Å²) in [5, 5.41) is 2.98. The third-order valence-corrected chi connectivity index (χ3v) is 4.31. The van der Waals surface area contributed by atoms with Crippen molar-refractivity contribution in [1.29, 1.82) is 0 Å². The van der Waals surface area contributed by atoms with E-state index in [9.17, 15) is 4.79 Å². The molecule has 1 amide bonds. The maximum absolute atomic E-state index is 12.3. The lowest BCUT2D eigenvalue weighted by Gasteiger charge is -2.11. The molecule has 3 aromatic rings. The molecule has 0 aliphatic rings. The van der Waals surface area contributed by atoms with Crippen LogP contribution in [0.1, 0.15) is 12.0 Å². The summed E-state index contributed by atoms with van der Waals surface area (Å²) in [5.41, 5.74) is 3.87. The van der Waals surface area contributed by atoms with Gasteiger partial charge in [-0.2, -0.15) is 0 Å². The second-order valence-corrected chi connectivity index (χ2v) is 6.22. The highest BCUT2D eigenvalue weighted by Gasteiger charge is 2.07. The minimum Gasteiger partial charge on any atom is -0.497 e. The Balaban J connectivity index is 1.71. The lowest BCUT2D eigenvalue weighted by molar-refractivity contribution is -0.116. The number of anilines is 1. The van der Waals surface area contributed by atoms with Crippen LogP contribution in [0.15, 0.2) is 72.8 Å². The van der Waals surface area contributed by atoms with Gasteiger partial charge in [0.25, 0.3) is 0 Å². The van der Waals surface area contributed by atoms with E-state index in [0.717, 1.165) is 40.3 Å². The standard InChI is InChI=1S/C23H23NO3/c1-26-21-14-19(15-22(16-21)27-2)18-9-6-10-20(13-18)24-23(25)12-11-17-7-4-3-5-8-17/h3-10,13-16H,11-12H2,1-2H3,(H,24,25). The zero-order chi connectivity index (χ0) is 19.1. The van der Waals surface area contributed by atoms with Gasteiger partial charge in [-0.3, -0.25) is 4.79 Å². The van der Waals surface area contributed by atoms with Crippen molar-refractivity contribution in [2.24, 2.45) is 0 Å². The second-order valence-electron chi connectivity index (χ2n) is 6.22. The van der Waals surface area contributed by atoms with Crippen LogP contribution < -0.4 is 14.8 Å². The number of methoxy groups -OCH3 is 2. The van der Waals surface area contributed by atoms with Crippen LogP contribution in [0.3, 0.4) is 0 Å². The summed E-state index contributed by atoms with van der Waals surface area (Å²) in [4.78, 5) is 12.3. The fourth-order valence-corrected chi connectivity index (χ4v) is 2.88. The van der Waals surface area contributed by atoms with Crippen LogP contribution in [-0.2, 0) is 11.2 Å². The van der Waals surface area contributed by atoms with E-state index < -0.39 is 0 Å². The summed E-state index contributed by atoms with van der Waals surface area (Å²) in [6.07, 6.45) is 1.17. The van der Waals surface area contributed by atoms with Crippen molar-refractivity contribution in [2.45, 2.75) is 12.8 Å². The number of hydrogen-bond acceptors (Lipinski definition) is 3. The van der Waals surface area contributed by atoms with Gasteiger partial charge in [0.1, 0.15) is 11.5 Å². The highest BCUT2D eigenvalue weighted by atomic mass is 16.5. The van der Waals surface area contributed by atoms with Gasteiger partial charge in [0.15, 0.2) is 0 Å². The molecule has 0 unspecified atom stereocenters. The molecular weight excluding hydrogens is 338 g/mol. The van der Waals surface area contributed by atoms with Gasteiger partial charge < -0.3 is 14.8 Å². The summed E-state index contributed by atoms with van der Waals surface area (Å²) in [7, 11) is 3.25. The number of carbonyl (C=O) groups excluding carboxylic acids is 1. The summed E-state index contributed by atoms with van der Waals surface area (Å²) in [6, 6.07) is 23.5. The van der Waals surface area contributed by atoms with Gasteiger partial charge in [-0.15, -0.1) is 0 Å². The molecule has 0 aromatic heterocycles. The Morgan fingerprint density at radius 3 is 2.19 bits per heavy atom. The number of hydrogen-bond donors (Lipinski definition) is 1. The largest absolute Gasteiger partial charge is 0.497 e. The number of ether oxygens (including phenoxy) is 2. The quantitative estimate of drug-likeness (QED) is 0.648. The van der Waals surface area contributed by atoms with E-state index in [0.29, 0.717) is 6.42 Å². The zero-order valence-corrected chi connectivity index (χ0v) is 15.6. The monoisotopic (exact) mass is 361 g/mol. The van der Waals surface area contributed by atoms with Crippen LogP contribution in [0.5, 0.6) is 11.5 Å². The van der Waals surface area contributed by atoms with Crippen LogP contribution in [0.25, 0.3) is 11.1 Å². The maximum Gasteiger partial charge on any atom is 0.224 e. The molecule has 27 heavy (non-hydrogen) atoms. The number of rotatable bonds is 7. The first kappa shape index (κ1) is 18.5. The number of carbonyl (C=O) groups is 1. The molecule has 0 radical (unpaired) electrons. The smallest absolute Gasteiger partial charge is 0.224 e. The molecule has 3 rings (SSSR count). The predicted molar refractivity (Wildman–Crippen MR) is 108 cm³/mol. The van der Waals surface area contributed by atoms with Crippen molar-refractivity contribution >= 4 is 11.6 Å². The fraction of sp³-hybridized carbons (Fsp3) is 0.174. The average Bonchev–Trinajstić information content (AvgIpc) is 2.72. The van der Waals surface area contributed by atoms with Gasteiger partial charge in [0, 0.05) is 18.2 Å². The first-order valence-electron chi connectivity index (χ1n) is 8.85. The third-order valence-electron chi connectivity index (χ3n) is 4.31. The average molecular weight is 361 g/mol. The minimum absolute atomic E-state index is 0.000717. The number of amides is 1. The van der Waals surface area contributed by atoms with Crippen LogP contribution in [0.4, 0.5) is 5.69 Å². The second kappa shape index (κ2) is 8.90. The summed E-state index contributed by atoms with van der Waals surface area (Å²) in [5.74, 6) is 1.45. The van der Waals surface area contributed by atoms with E-state index in [1.165, 1.54) is 0 Å². The van der Waals surface area contributed by atoms with Gasteiger partial charge in [-0.25, -0.2) is 0 Å². The lowest BCUT2D eigenvalue weighted by atomic mass is 10.0. The van der Waals surface area contributed by atoms with E-state index in [4.69, 9.17) is 9.47 Å². The summed E-state index contributed by atoms with van der Waals surface area (Å²) >= 11 is 0. The molecule has 0 spiro atoms. The Morgan fingerprint density at radius 1 is 0.815 bits per heavy atom. The Morgan fingerprint density at radius 2 is 1.52 bits per heavy atom. The summed E-state index contributed by atoms with van der Waals surface area (Å²) in [6.45, 7) is 0. The first-order chi connectivity index (χ1) is 13.2. The van der Waals surface area contributed by atoms with E-state index in [1.54, 1.807) is 14.2 Å². The topological polar surface area (TPSA) is 47.6 Å². The molecule has 1 N–H and O–H groups in total. The van der Waals surface area contributed by atoms with Crippen molar-refractivity contribution in [2.75, 3.05) is 19.5 Å². The number of aryl methyl sites for hydroxylation is 1. The van der Waals surface area contributed by atoms with Crippen molar-refractivity contribution in [1.82, 2.24) is 0 Å². The van der Waals surface area contributed by atoms with Crippen LogP contribution in [-0.4, -0.2) is 20.1 Å². The van der Waals surface area contributed by atoms with Gasteiger partial charge in [-0.1, -0.05) is 42.5 Å². The van der Waals surface area contributed by atoms with Crippen molar-refractivity contribution < 1.29 is 14.3 Å². The lowest BCUT2D eigenvalue weighted by Crippen LogP contribution is -2.12. The Labute approximate surface area is 159 Å². The highest BCUT2D eigenvalue weighted by molar-refractivity contribution is 5.91. The molecule has 3 aromatic carbocycles. The maximum atomic E-state index is 12.3. The van der Waals surface area contributed by atoms with E-state index in [1.807, 2.05) is 72.8 Å². The van der Waals surface area contributed by atoms with E-state index >= 15 is 0 Å². The molecule has 0 heterocycles. The Bertz CT molecular complexity index is 884. The molecule has 138 valence electrons. The van der Waals surface area contributed by atoms with Crippen molar-refractivity contribution in [3.63, 3.8) is 0 Å². The van der Waals surface area contributed by atoms with Crippen LogP contribution >= 0.6 is 0 Å². The molecule has 4 nitrogen and oxygen atoms in total. The molecule has 0 atom stereocenters. The minimum atomic E-state index is -0.000717. The van der Waals surface area contributed by atoms with Gasteiger partial charge in [0.05, 0.1) is 14.2 Å². The molecule has 0 fully saturated rings. The van der Waals surface area contributed by atoms with Crippen LogP contribution in [0.2, 0.25) is 0 Å². The molecular formula is C23H23NO3. The Hall–Kier alpha value is -3.27. The van der Waals surface area contributed by atoms with Gasteiger partial charge in [0.2, 0.25) is 5.91 Å². The molecule has 0 saturated heterocycles. The van der Waals surface area contributed by atoms with Gasteiger partial charge in [-0.05, 0) is 47.4 Å². The third kappa shape index (κ3) is 5.11. The van der Waals surface area contributed by atoms with Crippen molar-refractivity contribution in [3.8, 4) is 22.6 Å². The highest BCUT2D eigenvalue weighted by Crippen LogP contribution is 2.31. The molecule has 0 bridgehead atoms. The number of nitrogens with one attached hydrogen (secondary N) is 1. The van der Waals surface area contributed by atoms with Crippen molar-refractivity contribution in [3.05, 3.63) is 78.4 Å². The summed E-state index contributed by atoms with van der Waals surface area (Å²) < 4.78 is 10.7. The van der Waals surface area contributed by atoms with Gasteiger partial charge >= 0.3 is 0 Å². The first-order valence-corrected chi connectivity index (χ1v) is 8.85. The number of benzene rings is 3.